The molecule has 0 saturated carbocycles. The summed E-state index contributed by atoms with van der Waals surface area (Å²) in [6.45, 7) is -1.29. The molecule has 6 atom stereocenters. The van der Waals surface area contributed by atoms with Crippen LogP contribution in [0, 0.1) is 0 Å². The second-order valence-electron chi connectivity index (χ2n) is 7.21. The molecule has 0 rings (SSSR count). The van der Waals surface area contributed by atoms with Crippen molar-refractivity contribution in [2.24, 2.45) is 0 Å². The van der Waals surface area contributed by atoms with Crippen LogP contribution >= 0.6 is 0 Å². The number of alkyl halides is 18. The molecular weight excluding hydrogens is 536 g/mol. The maximum atomic E-state index is 14.1. The van der Waals surface area contributed by atoms with Crippen LogP contribution in [0.15, 0.2) is 0 Å². The van der Waals surface area contributed by atoms with E-state index < -0.39 is 98.6 Å². The lowest BCUT2D eigenvalue weighted by Crippen LogP contribution is -2.68. The van der Waals surface area contributed by atoms with E-state index in [0.717, 1.165) is 0 Å². The normalized spacial score (nSPS) is 20.6. The van der Waals surface area contributed by atoms with Crippen LogP contribution in [0.1, 0.15) is 20.8 Å². The van der Waals surface area contributed by atoms with E-state index in [-0.39, 0.29) is 0 Å². The molecule has 0 saturated heterocycles. The summed E-state index contributed by atoms with van der Waals surface area (Å²) in [6, 6.07) is -12.0. The Balaban J connectivity index is 6.87. The summed E-state index contributed by atoms with van der Waals surface area (Å²) in [5.74, 6) is -18.2. The van der Waals surface area contributed by atoms with E-state index in [4.69, 9.17) is 0 Å². The van der Waals surface area contributed by atoms with Crippen LogP contribution in [0.2, 0.25) is 0 Å². The monoisotopic (exact) mass is 551 g/mol. The first-order valence-corrected chi connectivity index (χ1v) is 8.59. The average Bonchev–Trinajstić information content (AvgIpc) is 2.63. The summed E-state index contributed by atoms with van der Waals surface area (Å²) < 4.78 is 236. The van der Waals surface area contributed by atoms with Gasteiger partial charge in [-0.05, 0) is 20.8 Å². The fourth-order valence-corrected chi connectivity index (χ4v) is 2.89. The highest BCUT2D eigenvalue weighted by atomic mass is 19.4. The number of hydrogen-bond acceptors (Lipinski definition) is 1. The smallest absolute Gasteiger partial charge is 0.277 e. The Bertz CT molecular complexity index is 573. The van der Waals surface area contributed by atoms with Gasteiger partial charge in [-0.25, -0.2) is 39.5 Å². The predicted molar refractivity (Wildman–Crippen MR) is 77.9 cm³/mol. The molecule has 0 radical (unpaired) electrons. The first kappa shape index (κ1) is 32.7. The SMILES string of the molecule is CC(N(C(C)C(F)(F)C(F)C(F)(F)F)C(C)C(F)(F)C(F)C(F)(F)F)C(F)(F)C(F)C(F)(F)F. The Morgan fingerprint density at radius 1 is 0.382 bits per heavy atom. The van der Waals surface area contributed by atoms with Crippen molar-refractivity contribution in [3.8, 4) is 0 Å². The molecule has 6 unspecified atom stereocenters. The molecule has 0 aliphatic carbocycles. The third-order valence-corrected chi connectivity index (χ3v) is 4.89. The maximum absolute atomic E-state index is 14.1. The van der Waals surface area contributed by atoms with Crippen LogP contribution in [0.25, 0.3) is 0 Å². The first-order chi connectivity index (χ1) is 14.6. The van der Waals surface area contributed by atoms with Gasteiger partial charge in [-0.1, -0.05) is 0 Å². The Hall–Kier alpha value is -1.30. The quantitative estimate of drug-likeness (QED) is 0.278. The van der Waals surface area contributed by atoms with E-state index in [1.54, 1.807) is 0 Å². The van der Waals surface area contributed by atoms with Gasteiger partial charge in [0, 0.05) is 0 Å². The molecule has 0 bridgehead atoms. The molecule has 19 heteroatoms. The highest BCUT2D eigenvalue weighted by Gasteiger charge is 2.69. The lowest BCUT2D eigenvalue weighted by atomic mass is 9.93. The fourth-order valence-electron chi connectivity index (χ4n) is 2.89. The zero-order chi connectivity index (χ0) is 28.0. The predicted octanol–water partition coefficient (Wildman–Crippen LogP) is 7.06. The third kappa shape index (κ3) is 6.47. The highest BCUT2D eigenvalue weighted by Crippen LogP contribution is 2.47. The van der Waals surface area contributed by atoms with Crippen molar-refractivity contribution >= 4 is 0 Å². The zero-order valence-electron chi connectivity index (χ0n) is 16.7. The van der Waals surface area contributed by atoms with Crippen molar-refractivity contribution in [3.05, 3.63) is 0 Å². The number of halogens is 18. The summed E-state index contributed by atoms with van der Waals surface area (Å²) in [7, 11) is 0. The van der Waals surface area contributed by atoms with Crippen molar-refractivity contribution in [1.29, 1.82) is 0 Å². The molecule has 0 aliphatic rings. The van der Waals surface area contributed by atoms with Crippen LogP contribution in [0.3, 0.4) is 0 Å². The Kier molecular flexibility index (Phi) is 9.26. The van der Waals surface area contributed by atoms with Crippen LogP contribution < -0.4 is 0 Å². The van der Waals surface area contributed by atoms with Gasteiger partial charge in [0.2, 0.25) is 0 Å². The number of rotatable bonds is 9. The first-order valence-electron chi connectivity index (χ1n) is 8.59. The molecule has 0 N–H and O–H groups in total. The van der Waals surface area contributed by atoms with E-state index in [1.807, 2.05) is 0 Å². The number of nitrogens with zero attached hydrogens (tertiary/aromatic N) is 1. The molecule has 0 aliphatic heterocycles. The minimum absolute atomic E-state index is 0.431. The summed E-state index contributed by atoms with van der Waals surface area (Å²) >= 11 is 0. The second-order valence-corrected chi connectivity index (χ2v) is 7.21. The molecule has 0 amide bonds. The van der Waals surface area contributed by atoms with Crippen molar-refractivity contribution < 1.29 is 79.0 Å². The van der Waals surface area contributed by atoms with Crippen LogP contribution in [0.4, 0.5) is 79.0 Å². The Morgan fingerprint density at radius 3 is 0.647 bits per heavy atom. The van der Waals surface area contributed by atoms with Gasteiger partial charge in [0.15, 0.2) is 0 Å². The lowest BCUT2D eigenvalue weighted by Gasteiger charge is -2.47. The summed E-state index contributed by atoms with van der Waals surface area (Å²) in [6.07, 6.45) is -35.6. The third-order valence-electron chi connectivity index (χ3n) is 4.89. The van der Waals surface area contributed by atoms with E-state index in [1.165, 1.54) is 0 Å². The van der Waals surface area contributed by atoms with Crippen molar-refractivity contribution in [3.63, 3.8) is 0 Å². The molecule has 0 spiro atoms. The lowest BCUT2D eigenvalue weighted by molar-refractivity contribution is -0.297. The van der Waals surface area contributed by atoms with E-state index in [9.17, 15) is 79.0 Å². The van der Waals surface area contributed by atoms with E-state index in [2.05, 4.69) is 0 Å². The van der Waals surface area contributed by atoms with Gasteiger partial charge in [0.1, 0.15) is 0 Å². The fraction of sp³-hybridized carbons (Fsp3) is 1.00. The molecule has 206 valence electrons. The van der Waals surface area contributed by atoms with Crippen LogP contribution in [-0.2, 0) is 0 Å². The van der Waals surface area contributed by atoms with Gasteiger partial charge in [-0.15, -0.1) is 0 Å². The van der Waals surface area contributed by atoms with Crippen molar-refractivity contribution in [2.75, 3.05) is 0 Å². The van der Waals surface area contributed by atoms with Gasteiger partial charge in [-0.2, -0.15) is 39.5 Å². The zero-order valence-corrected chi connectivity index (χ0v) is 16.7. The van der Waals surface area contributed by atoms with Crippen molar-refractivity contribution in [2.45, 2.75) is 93.7 Å². The second kappa shape index (κ2) is 9.63. The molecule has 0 aromatic heterocycles. The highest BCUT2D eigenvalue weighted by molar-refractivity contribution is 5.04. The number of hydrogen-bond donors (Lipinski definition) is 0. The molecular formula is C15H15F18N. The molecule has 1 nitrogen and oxygen atoms in total. The average molecular weight is 551 g/mol. The topological polar surface area (TPSA) is 3.24 Å². The molecule has 0 aromatic carbocycles. The molecule has 0 aromatic rings. The van der Waals surface area contributed by atoms with Gasteiger partial charge in [-0.3, -0.25) is 4.90 Å². The summed E-state index contributed by atoms with van der Waals surface area (Å²) in [5.41, 5.74) is 0. The Labute approximate surface area is 179 Å². The van der Waals surface area contributed by atoms with E-state index in [0.29, 0.717) is 0 Å². The maximum Gasteiger partial charge on any atom is 0.425 e. The van der Waals surface area contributed by atoms with Gasteiger partial charge < -0.3 is 0 Å². The van der Waals surface area contributed by atoms with Crippen LogP contribution in [-0.4, -0.2) is 77.8 Å². The largest absolute Gasteiger partial charge is 0.425 e. The summed E-state index contributed by atoms with van der Waals surface area (Å²) in [5, 5.41) is 0. The van der Waals surface area contributed by atoms with Crippen molar-refractivity contribution in [1.82, 2.24) is 4.90 Å². The van der Waals surface area contributed by atoms with Gasteiger partial charge in [0.25, 0.3) is 18.5 Å². The Morgan fingerprint density at radius 2 is 0.529 bits per heavy atom. The summed E-state index contributed by atoms with van der Waals surface area (Å²) in [4.78, 5) is -1.50. The minimum Gasteiger partial charge on any atom is -0.277 e. The molecule has 0 heterocycles. The molecule has 34 heavy (non-hydrogen) atoms. The molecule has 0 fully saturated rings. The van der Waals surface area contributed by atoms with E-state index >= 15 is 0 Å². The van der Waals surface area contributed by atoms with Crippen LogP contribution in [0.5, 0.6) is 0 Å². The van der Waals surface area contributed by atoms with Gasteiger partial charge in [0.05, 0.1) is 18.1 Å². The van der Waals surface area contributed by atoms with Gasteiger partial charge >= 0.3 is 36.3 Å². The minimum atomic E-state index is -6.52. The standard InChI is InChI=1S/C15H15F18N/c1-4(10(19,20)7(16)13(25,26)27)34(5(2)11(21,22)8(17)14(28,29)30)6(3)12(23,24)9(18)15(31,32)33/h4-9H,1-3H3.